The third-order valence-electron chi connectivity index (χ3n) is 2.20. The van der Waals surface area contributed by atoms with Crippen LogP contribution in [-0.2, 0) is 13.6 Å². The fourth-order valence-corrected chi connectivity index (χ4v) is 1.57. The fourth-order valence-electron chi connectivity index (χ4n) is 1.17. The van der Waals surface area contributed by atoms with Crippen LogP contribution in [0.15, 0.2) is 24.3 Å². The van der Waals surface area contributed by atoms with Crippen molar-refractivity contribution in [1.82, 2.24) is 5.32 Å². The molecule has 98 valence electrons. The molecule has 18 heavy (non-hydrogen) atoms. The molecule has 0 spiro atoms. The molecule has 0 aliphatic rings. The number of hydrogen-bond acceptors (Lipinski definition) is 5. The molecule has 7 heteroatoms. The summed E-state index contributed by atoms with van der Waals surface area (Å²) in [6.07, 6.45) is 0.593. The van der Waals surface area contributed by atoms with Gasteiger partial charge < -0.3 is 9.84 Å². The average Bonchev–Trinajstić information content (AvgIpc) is 2.38. The first-order valence-electron chi connectivity index (χ1n) is 5.10. The lowest BCUT2D eigenvalue weighted by molar-refractivity contribution is 0.0908. The summed E-state index contributed by atoms with van der Waals surface area (Å²) in [5.41, 5.74) is 0.515. The van der Waals surface area contributed by atoms with Crippen molar-refractivity contribution in [2.45, 2.75) is 0 Å². The summed E-state index contributed by atoms with van der Waals surface area (Å²) in [5, 5.41) is 2.39. The molecule has 0 radical (unpaired) electrons. The Labute approximate surface area is 105 Å². The van der Waals surface area contributed by atoms with E-state index in [1.807, 2.05) is 0 Å². The van der Waals surface area contributed by atoms with E-state index in [4.69, 9.17) is 4.52 Å². The Balaban J connectivity index is 2.61. The van der Waals surface area contributed by atoms with Gasteiger partial charge in [0.25, 0.3) is 5.91 Å². The average molecular weight is 271 g/mol. The zero-order chi connectivity index (χ0) is 13.6. The van der Waals surface area contributed by atoms with Gasteiger partial charge in [-0.2, -0.15) is 0 Å². The molecule has 0 aliphatic carbocycles. The second-order valence-electron chi connectivity index (χ2n) is 3.44. The zero-order valence-electron chi connectivity index (χ0n) is 10.1. The lowest BCUT2D eigenvalue weighted by Gasteiger charge is -2.12. The minimum absolute atomic E-state index is 0.236. The molecule has 0 heterocycles. The monoisotopic (exact) mass is 271 g/mol. The SMILES string of the molecule is COP(C)(=O)OCNC(=O)c1ccccc1C=O. The number of hydrogen-bond donors (Lipinski definition) is 1. The second kappa shape index (κ2) is 6.44. The predicted molar refractivity (Wildman–Crippen MR) is 65.8 cm³/mol. The summed E-state index contributed by atoms with van der Waals surface area (Å²) in [7, 11) is -1.87. The number of carbonyl (C=O) groups is 2. The van der Waals surface area contributed by atoms with Gasteiger partial charge >= 0.3 is 7.60 Å². The Morgan fingerprint density at radius 2 is 2.11 bits per heavy atom. The number of aldehydes is 1. The minimum atomic E-state index is -3.12. The molecule has 0 aliphatic heterocycles. The smallest absolute Gasteiger partial charge is 0.329 e. The van der Waals surface area contributed by atoms with E-state index in [1.165, 1.54) is 25.9 Å². The molecule has 0 saturated carbocycles. The number of carbonyl (C=O) groups excluding carboxylic acids is 2. The number of benzene rings is 1. The molecule has 6 nitrogen and oxygen atoms in total. The first kappa shape index (κ1) is 14.6. The highest BCUT2D eigenvalue weighted by molar-refractivity contribution is 7.52. The van der Waals surface area contributed by atoms with Crippen molar-refractivity contribution >= 4 is 19.8 Å². The van der Waals surface area contributed by atoms with Gasteiger partial charge in [-0.1, -0.05) is 18.2 Å². The Kier molecular flexibility index (Phi) is 5.22. The minimum Gasteiger partial charge on any atom is -0.329 e. The molecule has 1 rings (SSSR count). The molecular formula is C11H14NO5P. The van der Waals surface area contributed by atoms with E-state index >= 15 is 0 Å². The molecule has 1 atom stereocenters. The largest absolute Gasteiger partial charge is 0.329 e. The summed E-state index contributed by atoms with van der Waals surface area (Å²) in [4.78, 5) is 22.5. The molecule has 0 bridgehead atoms. The van der Waals surface area contributed by atoms with Gasteiger partial charge in [0.1, 0.15) is 6.73 Å². The Morgan fingerprint density at radius 3 is 2.72 bits per heavy atom. The summed E-state index contributed by atoms with van der Waals surface area (Å²) in [6.45, 7) is 1.03. The maximum atomic E-state index is 11.7. The number of rotatable bonds is 6. The van der Waals surface area contributed by atoms with Crippen LogP contribution in [0.5, 0.6) is 0 Å². The summed E-state index contributed by atoms with van der Waals surface area (Å²) in [6, 6.07) is 6.34. The van der Waals surface area contributed by atoms with Gasteiger partial charge in [-0.05, 0) is 6.07 Å². The number of amides is 1. The van der Waals surface area contributed by atoms with Crippen LogP contribution in [-0.4, -0.2) is 32.7 Å². The molecule has 1 aromatic rings. The van der Waals surface area contributed by atoms with E-state index in [0.717, 1.165) is 0 Å². The van der Waals surface area contributed by atoms with Crippen LogP contribution >= 0.6 is 7.60 Å². The molecule has 1 aromatic carbocycles. The van der Waals surface area contributed by atoms with Crippen LogP contribution in [0.3, 0.4) is 0 Å². The molecule has 0 aromatic heterocycles. The van der Waals surface area contributed by atoms with Crippen LogP contribution in [0.2, 0.25) is 0 Å². The highest BCUT2D eigenvalue weighted by Crippen LogP contribution is 2.41. The normalized spacial score (nSPS) is 13.7. The lowest BCUT2D eigenvalue weighted by Crippen LogP contribution is -2.26. The number of nitrogens with one attached hydrogen (secondary N) is 1. The molecule has 1 unspecified atom stereocenters. The Hall–Kier alpha value is -1.49. The van der Waals surface area contributed by atoms with E-state index in [2.05, 4.69) is 9.84 Å². The first-order valence-corrected chi connectivity index (χ1v) is 7.09. The van der Waals surface area contributed by atoms with Crippen LogP contribution in [0.1, 0.15) is 20.7 Å². The summed E-state index contributed by atoms with van der Waals surface area (Å²) < 4.78 is 20.8. The van der Waals surface area contributed by atoms with Crippen molar-refractivity contribution in [3.8, 4) is 0 Å². The van der Waals surface area contributed by atoms with Gasteiger partial charge in [-0.25, -0.2) is 0 Å². The van der Waals surface area contributed by atoms with E-state index in [9.17, 15) is 14.2 Å². The van der Waals surface area contributed by atoms with E-state index in [-0.39, 0.29) is 17.9 Å². The van der Waals surface area contributed by atoms with Crippen LogP contribution in [0.4, 0.5) is 0 Å². The van der Waals surface area contributed by atoms with E-state index in [1.54, 1.807) is 12.1 Å². The van der Waals surface area contributed by atoms with Crippen molar-refractivity contribution in [2.75, 3.05) is 20.5 Å². The lowest BCUT2D eigenvalue weighted by atomic mass is 10.1. The van der Waals surface area contributed by atoms with E-state index in [0.29, 0.717) is 6.29 Å². The fraction of sp³-hybridized carbons (Fsp3) is 0.273. The van der Waals surface area contributed by atoms with Gasteiger partial charge in [-0.3, -0.25) is 18.7 Å². The molecule has 1 N–H and O–H groups in total. The second-order valence-corrected chi connectivity index (χ2v) is 5.60. The van der Waals surface area contributed by atoms with Crippen LogP contribution in [0.25, 0.3) is 0 Å². The quantitative estimate of drug-likeness (QED) is 0.483. The Bertz CT molecular complexity index is 488. The highest BCUT2D eigenvalue weighted by atomic mass is 31.2. The van der Waals surface area contributed by atoms with Crippen molar-refractivity contribution in [3.05, 3.63) is 35.4 Å². The zero-order valence-corrected chi connectivity index (χ0v) is 11.0. The molecular weight excluding hydrogens is 257 g/mol. The standard InChI is InChI=1S/C11H14NO5P/c1-16-18(2,15)17-8-12-11(14)10-6-4-3-5-9(10)7-13/h3-7H,8H2,1-2H3,(H,12,14). The molecule has 1 amide bonds. The summed E-state index contributed by atoms with van der Waals surface area (Å²) in [5.74, 6) is -0.478. The van der Waals surface area contributed by atoms with Gasteiger partial charge in [0.05, 0.1) is 0 Å². The van der Waals surface area contributed by atoms with E-state index < -0.39 is 13.5 Å². The van der Waals surface area contributed by atoms with Gasteiger partial charge in [0.15, 0.2) is 6.29 Å². The van der Waals surface area contributed by atoms with Crippen molar-refractivity contribution in [3.63, 3.8) is 0 Å². The third-order valence-corrected chi connectivity index (χ3v) is 3.46. The maximum Gasteiger partial charge on any atom is 0.329 e. The summed E-state index contributed by atoms with van der Waals surface area (Å²) >= 11 is 0. The third kappa shape index (κ3) is 4.07. The molecule has 0 saturated heterocycles. The van der Waals surface area contributed by atoms with Crippen molar-refractivity contribution in [2.24, 2.45) is 0 Å². The van der Waals surface area contributed by atoms with Crippen molar-refractivity contribution < 1.29 is 23.2 Å². The molecule has 0 fully saturated rings. The van der Waals surface area contributed by atoms with Crippen molar-refractivity contribution in [1.29, 1.82) is 0 Å². The predicted octanol–water partition coefficient (Wildman–Crippen LogP) is 1.67. The highest BCUT2D eigenvalue weighted by Gasteiger charge is 2.15. The van der Waals surface area contributed by atoms with Gasteiger partial charge in [-0.15, -0.1) is 0 Å². The first-order chi connectivity index (χ1) is 8.50. The maximum absolute atomic E-state index is 11.7. The van der Waals surface area contributed by atoms with Gasteiger partial charge in [0.2, 0.25) is 0 Å². The van der Waals surface area contributed by atoms with Crippen LogP contribution < -0.4 is 5.32 Å². The Morgan fingerprint density at radius 1 is 1.44 bits per heavy atom. The van der Waals surface area contributed by atoms with Crippen LogP contribution in [0, 0.1) is 0 Å². The van der Waals surface area contributed by atoms with Gasteiger partial charge in [0, 0.05) is 24.9 Å². The topological polar surface area (TPSA) is 81.7 Å².